The fourth-order valence-electron chi connectivity index (χ4n) is 4.12. The van der Waals surface area contributed by atoms with Crippen molar-refractivity contribution < 1.29 is 9.90 Å². The van der Waals surface area contributed by atoms with Crippen LogP contribution in [0.3, 0.4) is 0 Å². The standard InChI is InChI=1S/C22H26N2O2S/c25-15-17-13-21(27-16-17)7-8-22(26)24-11-9-23(10-12-24)20-6-5-18-3-1-2-4-19(18)14-20/h1-4,7-8,13,16,20,25H,5-6,9-12,14-15H2/b8-7+. The topological polar surface area (TPSA) is 43.8 Å². The van der Waals surface area contributed by atoms with E-state index in [1.165, 1.54) is 24.0 Å². The van der Waals surface area contributed by atoms with Gasteiger partial charge in [-0.3, -0.25) is 9.69 Å². The number of piperazine rings is 1. The minimum absolute atomic E-state index is 0.0475. The van der Waals surface area contributed by atoms with Gasteiger partial charge in [0.15, 0.2) is 0 Å². The molecule has 27 heavy (non-hydrogen) atoms. The SMILES string of the molecule is O=C(/C=C/c1cc(CO)cs1)N1CCN(C2CCc3ccccc3C2)CC1. The van der Waals surface area contributed by atoms with Crippen LogP contribution in [0.2, 0.25) is 0 Å². The zero-order valence-electron chi connectivity index (χ0n) is 15.5. The van der Waals surface area contributed by atoms with Gasteiger partial charge in [-0.1, -0.05) is 24.3 Å². The minimum Gasteiger partial charge on any atom is -0.392 e. The molecule has 1 fully saturated rings. The first-order chi connectivity index (χ1) is 13.2. The molecule has 0 saturated carbocycles. The van der Waals surface area contributed by atoms with Crippen LogP contribution in [0.25, 0.3) is 6.08 Å². The van der Waals surface area contributed by atoms with Crippen molar-refractivity contribution >= 4 is 23.3 Å². The molecule has 1 unspecified atom stereocenters. The molecule has 2 aliphatic rings. The summed E-state index contributed by atoms with van der Waals surface area (Å²) in [6.07, 6.45) is 7.04. The van der Waals surface area contributed by atoms with Crippen molar-refractivity contribution in [1.29, 1.82) is 0 Å². The molecule has 1 aromatic carbocycles. The second-order valence-corrected chi connectivity index (χ2v) is 8.32. The zero-order chi connectivity index (χ0) is 18.6. The van der Waals surface area contributed by atoms with E-state index in [9.17, 15) is 4.79 Å². The molecule has 5 heteroatoms. The lowest BCUT2D eigenvalue weighted by Gasteiger charge is -2.40. The van der Waals surface area contributed by atoms with E-state index in [-0.39, 0.29) is 12.5 Å². The molecule has 142 valence electrons. The second-order valence-electron chi connectivity index (χ2n) is 7.38. The number of carbonyl (C=O) groups excluding carboxylic acids is 1. The van der Waals surface area contributed by atoms with E-state index in [4.69, 9.17) is 5.11 Å². The highest BCUT2D eigenvalue weighted by Crippen LogP contribution is 2.25. The summed E-state index contributed by atoms with van der Waals surface area (Å²) in [5.41, 5.74) is 3.90. The van der Waals surface area contributed by atoms with Crippen LogP contribution >= 0.6 is 11.3 Å². The van der Waals surface area contributed by atoms with Gasteiger partial charge in [-0.05, 0) is 53.5 Å². The van der Waals surface area contributed by atoms with Crippen LogP contribution in [0.5, 0.6) is 0 Å². The molecule has 1 aliphatic carbocycles. The lowest BCUT2D eigenvalue weighted by Crippen LogP contribution is -2.52. The number of thiophene rings is 1. The van der Waals surface area contributed by atoms with Gasteiger partial charge in [-0.25, -0.2) is 0 Å². The highest BCUT2D eigenvalue weighted by molar-refractivity contribution is 7.11. The number of hydrogen-bond acceptors (Lipinski definition) is 4. The normalized spacial score (nSPS) is 20.8. The van der Waals surface area contributed by atoms with Gasteiger partial charge in [0.05, 0.1) is 6.61 Å². The molecule has 1 aliphatic heterocycles. The molecule has 2 aromatic rings. The van der Waals surface area contributed by atoms with Crippen molar-refractivity contribution in [1.82, 2.24) is 9.80 Å². The average molecular weight is 383 g/mol. The van der Waals surface area contributed by atoms with Crippen LogP contribution in [0.1, 0.15) is 28.0 Å². The predicted octanol–water partition coefficient (Wildman–Crippen LogP) is 2.96. The summed E-state index contributed by atoms with van der Waals surface area (Å²) in [5, 5.41) is 11.0. The van der Waals surface area contributed by atoms with Gasteiger partial charge in [0.1, 0.15) is 0 Å². The molecule has 1 N–H and O–H groups in total. The van der Waals surface area contributed by atoms with Gasteiger partial charge in [-0.2, -0.15) is 0 Å². The summed E-state index contributed by atoms with van der Waals surface area (Å²) in [6.45, 7) is 3.56. The van der Waals surface area contributed by atoms with Crippen molar-refractivity contribution in [3.05, 3.63) is 63.4 Å². The maximum absolute atomic E-state index is 12.5. The maximum atomic E-state index is 12.5. The quantitative estimate of drug-likeness (QED) is 0.827. The van der Waals surface area contributed by atoms with E-state index in [2.05, 4.69) is 29.2 Å². The van der Waals surface area contributed by atoms with Crippen LogP contribution in [0.15, 0.2) is 41.8 Å². The fourth-order valence-corrected chi connectivity index (χ4v) is 4.92. The molecule has 0 spiro atoms. The van der Waals surface area contributed by atoms with Crippen molar-refractivity contribution in [2.75, 3.05) is 26.2 Å². The minimum atomic E-state index is 0.0475. The van der Waals surface area contributed by atoms with Crippen LogP contribution in [-0.4, -0.2) is 53.0 Å². The van der Waals surface area contributed by atoms with E-state index < -0.39 is 0 Å². The smallest absolute Gasteiger partial charge is 0.246 e. The second kappa shape index (κ2) is 8.38. The number of aliphatic hydroxyl groups excluding tert-OH is 1. The summed E-state index contributed by atoms with van der Waals surface area (Å²) < 4.78 is 0. The van der Waals surface area contributed by atoms with E-state index >= 15 is 0 Å². The Bertz CT molecular complexity index is 821. The van der Waals surface area contributed by atoms with E-state index in [1.807, 2.05) is 22.4 Å². The van der Waals surface area contributed by atoms with Gasteiger partial charge in [0.25, 0.3) is 0 Å². The molecule has 4 rings (SSSR count). The highest BCUT2D eigenvalue weighted by Gasteiger charge is 2.28. The Labute approximate surface area is 164 Å². The molecule has 1 saturated heterocycles. The van der Waals surface area contributed by atoms with Crippen molar-refractivity contribution in [3.63, 3.8) is 0 Å². The zero-order valence-corrected chi connectivity index (χ0v) is 16.3. The molecule has 1 amide bonds. The maximum Gasteiger partial charge on any atom is 0.246 e. The summed E-state index contributed by atoms with van der Waals surface area (Å²) in [4.78, 5) is 18.0. The molecule has 0 bridgehead atoms. The van der Waals surface area contributed by atoms with Gasteiger partial charge in [-0.15, -0.1) is 11.3 Å². The van der Waals surface area contributed by atoms with Gasteiger partial charge in [0.2, 0.25) is 5.91 Å². The van der Waals surface area contributed by atoms with Crippen LogP contribution in [-0.2, 0) is 24.2 Å². The van der Waals surface area contributed by atoms with Gasteiger partial charge < -0.3 is 10.0 Å². The Hall–Kier alpha value is -1.95. The van der Waals surface area contributed by atoms with Gasteiger partial charge in [0, 0.05) is 43.2 Å². The van der Waals surface area contributed by atoms with E-state index in [1.54, 1.807) is 17.4 Å². The first kappa shape index (κ1) is 18.4. The Kier molecular flexibility index (Phi) is 5.72. The number of benzene rings is 1. The molecular formula is C22H26N2O2S. The molecule has 4 nitrogen and oxygen atoms in total. The third-order valence-electron chi connectivity index (χ3n) is 5.71. The van der Waals surface area contributed by atoms with Crippen LogP contribution in [0.4, 0.5) is 0 Å². The van der Waals surface area contributed by atoms with Crippen molar-refractivity contribution in [3.8, 4) is 0 Å². The summed E-state index contributed by atoms with van der Waals surface area (Å²) >= 11 is 1.55. The molecule has 0 radical (unpaired) electrons. The lowest BCUT2D eigenvalue weighted by molar-refractivity contribution is -0.128. The monoisotopic (exact) mass is 382 g/mol. The third kappa shape index (κ3) is 4.32. The van der Waals surface area contributed by atoms with E-state index in [0.29, 0.717) is 6.04 Å². The molecule has 1 aromatic heterocycles. The molecule has 1 atom stereocenters. The number of amides is 1. The summed E-state index contributed by atoms with van der Waals surface area (Å²) in [7, 11) is 0. The first-order valence-corrected chi connectivity index (χ1v) is 10.6. The van der Waals surface area contributed by atoms with Crippen molar-refractivity contribution in [2.45, 2.75) is 31.9 Å². The number of carbonyl (C=O) groups is 1. The van der Waals surface area contributed by atoms with Crippen LogP contribution < -0.4 is 0 Å². The Balaban J connectivity index is 1.29. The molecular weight excluding hydrogens is 356 g/mol. The lowest BCUT2D eigenvalue weighted by atomic mass is 9.87. The van der Waals surface area contributed by atoms with Crippen molar-refractivity contribution in [2.24, 2.45) is 0 Å². The van der Waals surface area contributed by atoms with E-state index in [0.717, 1.165) is 43.0 Å². The number of nitrogens with zero attached hydrogens (tertiary/aromatic N) is 2. The Morgan fingerprint density at radius 3 is 2.70 bits per heavy atom. The van der Waals surface area contributed by atoms with Crippen LogP contribution in [0, 0.1) is 0 Å². The number of fused-ring (bicyclic) bond motifs is 1. The average Bonchev–Trinajstić information content (AvgIpc) is 3.20. The highest BCUT2D eigenvalue weighted by atomic mass is 32.1. The largest absolute Gasteiger partial charge is 0.392 e. The Morgan fingerprint density at radius 1 is 1.19 bits per heavy atom. The first-order valence-electron chi connectivity index (χ1n) is 9.69. The number of aryl methyl sites for hydroxylation is 1. The summed E-state index contributed by atoms with van der Waals surface area (Å²) in [5.74, 6) is 0.0857. The fraction of sp³-hybridized carbons (Fsp3) is 0.409. The number of aliphatic hydroxyl groups is 1. The molecule has 2 heterocycles. The summed E-state index contributed by atoms with van der Waals surface area (Å²) in [6, 6.07) is 11.3. The number of hydrogen-bond donors (Lipinski definition) is 1. The number of rotatable bonds is 4. The third-order valence-corrected chi connectivity index (χ3v) is 6.66. The Morgan fingerprint density at radius 2 is 1.96 bits per heavy atom. The predicted molar refractivity (Wildman–Crippen MR) is 110 cm³/mol. The van der Waals surface area contributed by atoms with Gasteiger partial charge >= 0.3 is 0 Å².